The highest BCUT2D eigenvalue weighted by Crippen LogP contribution is 2.27. The van der Waals surface area contributed by atoms with E-state index in [1.807, 2.05) is 36.4 Å². The van der Waals surface area contributed by atoms with Crippen molar-refractivity contribution in [1.29, 1.82) is 0 Å². The Balaban J connectivity index is 2.09. The predicted octanol–water partition coefficient (Wildman–Crippen LogP) is 3.27. The van der Waals surface area contributed by atoms with Gasteiger partial charge in [-0.25, -0.2) is 10.5 Å². The van der Waals surface area contributed by atoms with Gasteiger partial charge < -0.3 is 4.74 Å². The van der Waals surface area contributed by atoms with Crippen LogP contribution in [0.15, 0.2) is 54.6 Å². The van der Waals surface area contributed by atoms with Gasteiger partial charge in [0.05, 0.1) is 18.5 Å². The molecule has 0 unspecified atom stereocenters. The van der Waals surface area contributed by atoms with E-state index in [1.165, 1.54) is 5.56 Å². The molecule has 134 valence electrons. The van der Waals surface area contributed by atoms with Crippen LogP contribution in [0.4, 0.5) is 0 Å². The summed E-state index contributed by atoms with van der Waals surface area (Å²) in [5, 5.41) is 4.42. The fourth-order valence-electron chi connectivity index (χ4n) is 2.73. The lowest BCUT2D eigenvalue weighted by atomic mass is 10.0. The highest BCUT2D eigenvalue weighted by atomic mass is 16.5. The van der Waals surface area contributed by atoms with E-state index in [9.17, 15) is 4.79 Å². The molecule has 1 aromatic heterocycles. The van der Waals surface area contributed by atoms with Crippen LogP contribution >= 0.6 is 0 Å². The molecule has 26 heavy (non-hydrogen) atoms. The lowest BCUT2D eigenvalue weighted by molar-refractivity contribution is 0.0948. The molecular formula is C20H22N4O2. The second-order valence-electron chi connectivity index (χ2n) is 6.27. The van der Waals surface area contributed by atoms with E-state index < -0.39 is 5.91 Å². The number of rotatable bonds is 5. The van der Waals surface area contributed by atoms with E-state index in [-0.39, 0.29) is 5.69 Å². The molecule has 0 aliphatic rings. The van der Waals surface area contributed by atoms with Gasteiger partial charge in [0.25, 0.3) is 5.91 Å². The minimum Gasteiger partial charge on any atom is -0.497 e. The van der Waals surface area contributed by atoms with E-state index in [0.717, 1.165) is 22.7 Å². The first kappa shape index (κ1) is 17.7. The molecule has 0 fully saturated rings. The first-order valence-electron chi connectivity index (χ1n) is 8.39. The molecule has 0 saturated heterocycles. The first-order valence-corrected chi connectivity index (χ1v) is 8.39. The lowest BCUT2D eigenvalue weighted by Gasteiger charge is -2.10. The maximum atomic E-state index is 12.0. The van der Waals surface area contributed by atoms with Crippen LogP contribution < -0.4 is 16.0 Å². The number of benzene rings is 2. The van der Waals surface area contributed by atoms with Crippen molar-refractivity contribution < 1.29 is 9.53 Å². The number of nitrogens with two attached hydrogens (primary N) is 1. The van der Waals surface area contributed by atoms with Gasteiger partial charge in [-0.15, -0.1) is 0 Å². The third-order valence-corrected chi connectivity index (χ3v) is 4.26. The van der Waals surface area contributed by atoms with Crippen LogP contribution in [0.25, 0.3) is 16.9 Å². The minimum absolute atomic E-state index is 0.256. The summed E-state index contributed by atoms with van der Waals surface area (Å²) in [6, 6.07) is 17.5. The van der Waals surface area contributed by atoms with E-state index in [4.69, 9.17) is 10.6 Å². The number of nitrogens with one attached hydrogen (secondary N) is 1. The lowest BCUT2D eigenvalue weighted by Crippen LogP contribution is -2.30. The number of aromatic nitrogens is 2. The van der Waals surface area contributed by atoms with Crippen molar-refractivity contribution in [3.63, 3.8) is 0 Å². The molecule has 2 aromatic carbocycles. The Bertz CT molecular complexity index is 897. The zero-order valence-electron chi connectivity index (χ0n) is 15.1. The molecule has 3 aromatic rings. The Morgan fingerprint density at radius 3 is 2.31 bits per heavy atom. The largest absolute Gasteiger partial charge is 0.497 e. The molecule has 0 aliphatic heterocycles. The average molecular weight is 350 g/mol. The van der Waals surface area contributed by atoms with Crippen LogP contribution in [0.3, 0.4) is 0 Å². The maximum absolute atomic E-state index is 12.0. The fraction of sp³-hybridized carbons (Fsp3) is 0.200. The SMILES string of the molecule is COc1ccc(-n2nc(C(=O)NN)cc2-c2ccc(C(C)C)cc2)cc1. The zero-order valence-corrected chi connectivity index (χ0v) is 15.1. The molecule has 0 saturated carbocycles. The summed E-state index contributed by atoms with van der Waals surface area (Å²) in [5.74, 6) is 6.04. The van der Waals surface area contributed by atoms with Gasteiger partial charge in [-0.1, -0.05) is 38.1 Å². The van der Waals surface area contributed by atoms with Crippen LogP contribution in [0.5, 0.6) is 5.75 Å². The van der Waals surface area contributed by atoms with Crippen LogP contribution in [-0.4, -0.2) is 22.8 Å². The van der Waals surface area contributed by atoms with Gasteiger partial charge in [0, 0.05) is 5.56 Å². The summed E-state index contributed by atoms with van der Waals surface area (Å²) >= 11 is 0. The van der Waals surface area contributed by atoms with Gasteiger partial charge in [0.15, 0.2) is 5.69 Å². The second kappa shape index (κ2) is 7.41. The number of nitrogen functional groups attached to an aromatic ring is 1. The Labute approximate surface area is 152 Å². The number of methoxy groups -OCH3 is 1. The van der Waals surface area contributed by atoms with E-state index in [1.54, 1.807) is 17.9 Å². The number of nitrogens with zero attached hydrogens (tertiary/aromatic N) is 2. The van der Waals surface area contributed by atoms with Crippen molar-refractivity contribution in [1.82, 2.24) is 15.2 Å². The van der Waals surface area contributed by atoms with Crippen molar-refractivity contribution in [2.75, 3.05) is 7.11 Å². The Morgan fingerprint density at radius 1 is 1.12 bits per heavy atom. The summed E-state index contributed by atoms with van der Waals surface area (Å²) in [6.45, 7) is 4.31. The number of hydrogen-bond acceptors (Lipinski definition) is 4. The average Bonchev–Trinajstić information content (AvgIpc) is 3.13. The molecule has 1 heterocycles. The molecule has 0 atom stereocenters. The molecule has 3 N–H and O–H groups in total. The second-order valence-corrected chi connectivity index (χ2v) is 6.27. The summed E-state index contributed by atoms with van der Waals surface area (Å²) in [4.78, 5) is 12.0. The standard InChI is InChI=1S/C20H22N4O2/c1-13(2)14-4-6-15(7-5-14)19-12-18(20(25)22-21)23-24(19)16-8-10-17(26-3)11-9-16/h4-13H,21H2,1-3H3,(H,22,25). The van der Waals surface area contributed by atoms with Gasteiger partial charge in [0.1, 0.15) is 5.75 Å². The monoisotopic (exact) mass is 350 g/mol. The molecule has 0 spiro atoms. The molecule has 1 amide bonds. The summed E-state index contributed by atoms with van der Waals surface area (Å²) < 4.78 is 6.94. The maximum Gasteiger partial charge on any atom is 0.285 e. The van der Waals surface area contributed by atoms with Gasteiger partial charge in [-0.05, 0) is 41.8 Å². The van der Waals surface area contributed by atoms with Gasteiger partial charge >= 0.3 is 0 Å². The smallest absolute Gasteiger partial charge is 0.285 e. The third-order valence-electron chi connectivity index (χ3n) is 4.26. The van der Waals surface area contributed by atoms with E-state index in [2.05, 4.69) is 36.5 Å². The normalized spacial score (nSPS) is 10.8. The van der Waals surface area contributed by atoms with Crippen molar-refractivity contribution in [2.24, 2.45) is 5.84 Å². The first-order chi connectivity index (χ1) is 12.5. The summed E-state index contributed by atoms with van der Waals surface area (Å²) in [5.41, 5.74) is 6.24. The molecule has 3 rings (SSSR count). The number of carbonyl (C=O) groups excluding carboxylic acids is 1. The number of hydrazine groups is 1. The molecule has 0 radical (unpaired) electrons. The molecule has 0 bridgehead atoms. The van der Waals surface area contributed by atoms with Crippen LogP contribution in [0, 0.1) is 0 Å². The summed E-state index contributed by atoms with van der Waals surface area (Å²) in [6.07, 6.45) is 0. The predicted molar refractivity (Wildman–Crippen MR) is 101 cm³/mol. The van der Waals surface area contributed by atoms with Crippen LogP contribution in [0.1, 0.15) is 35.8 Å². The van der Waals surface area contributed by atoms with Crippen LogP contribution in [0.2, 0.25) is 0 Å². The topological polar surface area (TPSA) is 82.2 Å². The number of amides is 1. The summed E-state index contributed by atoms with van der Waals surface area (Å²) in [7, 11) is 1.62. The molecule has 6 heteroatoms. The Morgan fingerprint density at radius 2 is 1.77 bits per heavy atom. The Hall–Kier alpha value is -3.12. The van der Waals surface area contributed by atoms with Crippen molar-refractivity contribution in [3.05, 3.63) is 65.9 Å². The number of carbonyl (C=O) groups is 1. The fourth-order valence-corrected chi connectivity index (χ4v) is 2.73. The van der Waals surface area contributed by atoms with Gasteiger partial charge in [0.2, 0.25) is 0 Å². The highest BCUT2D eigenvalue weighted by Gasteiger charge is 2.16. The molecule has 0 aliphatic carbocycles. The quantitative estimate of drug-likeness (QED) is 0.420. The number of hydrogen-bond donors (Lipinski definition) is 2. The zero-order chi connectivity index (χ0) is 18.7. The van der Waals surface area contributed by atoms with Gasteiger partial charge in [-0.2, -0.15) is 5.10 Å². The minimum atomic E-state index is -0.433. The Kier molecular flexibility index (Phi) is 5.04. The third kappa shape index (κ3) is 3.45. The van der Waals surface area contributed by atoms with Crippen molar-refractivity contribution in [2.45, 2.75) is 19.8 Å². The molecular weight excluding hydrogens is 328 g/mol. The van der Waals surface area contributed by atoms with E-state index >= 15 is 0 Å². The van der Waals surface area contributed by atoms with Crippen LogP contribution in [-0.2, 0) is 0 Å². The highest BCUT2D eigenvalue weighted by molar-refractivity contribution is 5.93. The van der Waals surface area contributed by atoms with E-state index in [0.29, 0.717) is 5.92 Å². The number of ether oxygens (including phenoxy) is 1. The van der Waals surface area contributed by atoms with Crippen molar-refractivity contribution >= 4 is 5.91 Å². The van der Waals surface area contributed by atoms with Crippen molar-refractivity contribution in [3.8, 4) is 22.7 Å². The molecule has 6 nitrogen and oxygen atoms in total. The van der Waals surface area contributed by atoms with Gasteiger partial charge in [-0.3, -0.25) is 10.2 Å².